The second-order valence-electron chi connectivity index (χ2n) is 7.00. The van der Waals surface area contributed by atoms with E-state index in [4.69, 9.17) is 4.98 Å². The molecule has 134 valence electrons. The number of nitrogens with zero attached hydrogens (tertiary/aromatic N) is 3. The third kappa shape index (κ3) is 2.90. The molecule has 2 aromatic heterocycles. The van der Waals surface area contributed by atoms with E-state index in [0.717, 1.165) is 66.6 Å². The summed E-state index contributed by atoms with van der Waals surface area (Å²) in [5, 5.41) is 1.81. The number of fused-ring (bicyclic) bond motifs is 4. The summed E-state index contributed by atoms with van der Waals surface area (Å²) in [6.45, 7) is 3.86. The van der Waals surface area contributed by atoms with Crippen LogP contribution in [-0.4, -0.2) is 33.3 Å². The molecule has 0 saturated heterocycles. The number of rotatable bonds is 3. The number of thioether (sulfide) groups is 1. The molecule has 0 fully saturated rings. The van der Waals surface area contributed by atoms with E-state index in [-0.39, 0.29) is 5.56 Å². The fraction of sp³-hybridized carbons (Fsp3) is 0.400. The fourth-order valence-corrected chi connectivity index (χ4v) is 6.18. The Morgan fingerprint density at radius 2 is 2.04 bits per heavy atom. The molecular formula is C20H21N3OS2. The normalized spacial score (nSPS) is 17.2. The molecule has 4 heterocycles. The second-order valence-corrected chi connectivity index (χ2v) is 9.14. The van der Waals surface area contributed by atoms with Crippen LogP contribution in [0.1, 0.15) is 22.4 Å². The largest absolute Gasteiger partial charge is 0.298 e. The van der Waals surface area contributed by atoms with Crippen LogP contribution in [0.2, 0.25) is 0 Å². The first-order valence-electron chi connectivity index (χ1n) is 9.24. The molecule has 1 aromatic carbocycles. The van der Waals surface area contributed by atoms with Gasteiger partial charge in [0.1, 0.15) is 4.83 Å². The van der Waals surface area contributed by atoms with Crippen LogP contribution in [0.3, 0.4) is 0 Å². The Kier molecular flexibility index (Phi) is 4.35. The first kappa shape index (κ1) is 16.5. The maximum absolute atomic E-state index is 13.0. The van der Waals surface area contributed by atoms with Crippen LogP contribution in [0, 0.1) is 0 Å². The van der Waals surface area contributed by atoms with Crippen LogP contribution < -0.4 is 5.56 Å². The number of benzene rings is 1. The van der Waals surface area contributed by atoms with E-state index >= 15 is 0 Å². The van der Waals surface area contributed by atoms with Crippen LogP contribution in [0.5, 0.6) is 0 Å². The molecule has 0 radical (unpaired) electrons. The van der Waals surface area contributed by atoms with Crippen LogP contribution in [0.15, 0.2) is 40.3 Å². The average Bonchev–Trinajstić information content (AvgIpc) is 3.05. The van der Waals surface area contributed by atoms with Gasteiger partial charge in [-0.25, -0.2) is 4.98 Å². The van der Waals surface area contributed by atoms with Gasteiger partial charge in [0.25, 0.3) is 5.56 Å². The fourth-order valence-electron chi connectivity index (χ4n) is 3.93. The summed E-state index contributed by atoms with van der Waals surface area (Å²) in [7, 11) is 0. The van der Waals surface area contributed by atoms with Crippen LogP contribution in [0.4, 0.5) is 0 Å². The van der Waals surface area contributed by atoms with Crippen LogP contribution >= 0.6 is 23.1 Å². The van der Waals surface area contributed by atoms with E-state index in [1.807, 2.05) is 4.57 Å². The minimum absolute atomic E-state index is 0.187. The predicted molar refractivity (Wildman–Crippen MR) is 108 cm³/mol. The summed E-state index contributed by atoms with van der Waals surface area (Å²) in [6, 6.07) is 10.7. The highest BCUT2D eigenvalue weighted by molar-refractivity contribution is 7.99. The second kappa shape index (κ2) is 6.83. The molecule has 0 atom stereocenters. The average molecular weight is 384 g/mol. The third-order valence-electron chi connectivity index (χ3n) is 5.32. The van der Waals surface area contributed by atoms with Gasteiger partial charge in [0.05, 0.1) is 5.39 Å². The van der Waals surface area contributed by atoms with Crippen molar-refractivity contribution in [3.05, 3.63) is 56.7 Å². The first-order chi connectivity index (χ1) is 12.8. The first-order valence-corrected chi connectivity index (χ1v) is 11.0. The zero-order valence-corrected chi connectivity index (χ0v) is 16.2. The van der Waals surface area contributed by atoms with Crippen molar-refractivity contribution in [1.82, 2.24) is 14.5 Å². The highest BCUT2D eigenvalue weighted by Crippen LogP contribution is 2.34. The van der Waals surface area contributed by atoms with Crippen molar-refractivity contribution in [3.8, 4) is 0 Å². The Labute approximate surface area is 160 Å². The number of hydrogen-bond acceptors (Lipinski definition) is 5. The lowest BCUT2D eigenvalue weighted by atomic mass is 10.0. The Balaban J connectivity index is 1.42. The molecule has 0 spiro atoms. The maximum atomic E-state index is 13.0. The summed E-state index contributed by atoms with van der Waals surface area (Å²) in [5.74, 6) is 1.07. The van der Waals surface area contributed by atoms with Crippen molar-refractivity contribution < 1.29 is 0 Å². The quantitative estimate of drug-likeness (QED) is 0.648. The van der Waals surface area contributed by atoms with Gasteiger partial charge in [-0.05, 0) is 30.4 Å². The third-order valence-corrected chi connectivity index (χ3v) is 7.49. The van der Waals surface area contributed by atoms with E-state index in [0.29, 0.717) is 0 Å². The van der Waals surface area contributed by atoms with Crippen molar-refractivity contribution in [2.75, 3.05) is 18.8 Å². The summed E-state index contributed by atoms with van der Waals surface area (Å²) < 4.78 is 1.89. The zero-order chi connectivity index (χ0) is 17.5. The Morgan fingerprint density at radius 1 is 1.15 bits per heavy atom. The van der Waals surface area contributed by atoms with Gasteiger partial charge in [-0.2, -0.15) is 0 Å². The smallest absolute Gasteiger partial charge is 0.263 e. The molecule has 2 aliphatic heterocycles. The monoisotopic (exact) mass is 383 g/mol. The Bertz CT molecular complexity index is 1010. The summed E-state index contributed by atoms with van der Waals surface area (Å²) >= 11 is 3.45. The van der Waals surface area contributed by atoms with Crippen molar-refractivity contribution in [1.29, 1.82) is 0 Å². The highest BCUT2D eigenvalue weighted by atomic mass is 32.2. The highest BCUT2D eigenvalue weighted by Gasteiger charge is 2.25. The zero-order valence-electron chi connectivity index (χ0n) is 14.6. The van der Waals surface area contributed by atoms with Crippen molar-refractivity contribution >= 4 is 33.3 Å². The molecule has 0 unspecified atom stereocenters. The molecule has 0 N–H and O–H groups in total. The van der Waals surface area contributed by atoms with Crippen molar-refractivity contribution in [3.63, 3.8) is 0 Å². The number of thiophene rings is 1. The summed E-state index contributed by atoms with van der Waals surface area (Å²) in [5.41, 5.74) is 2.84. The minimum Gasteiger partial charge on any atom is -0.298 e. The van der Waals surface area contributed by atoms with E-state index < -0.39 is 0 Å². The van der Waals surface area contributed by atoms with Gasteiger partial charge in [0, 0.05) is 36.8 Å². The topological polar surface area (TPSA) is 38.1 Å². The molecule has 26 heavy (non-hydrogen) atoms. The predicted octanol–water partition coefficient (Wildman–Crippen LogP) is 3.55. The molecule has 0 saturated carbocycles. The lowest BCUT2D eigenvalue weighted by Gasteiger charge is -2.26. The van der Waals surface area contributed by atoms with E-state index in [2.05, 4.69) is 35.2 Å². The van der Waals surface area contributed by atoms with Crippen molar-refractivity contribution in [2.24, 2.45) is 0 Å². The Morgan fingerprint density at radius 3 is 2.92 bits per heavy atom. The van der Waals surface area contributed by atoms with Gasteiger partial charge in [0.15, 0.2) is 5.16 Å². The molecule has 2 aliphatic rings. The van der Waals surface area contributed by atoms with Crippen LogP contribution in [-0.2, 0) is 25.9 Å². The molecule has 6 heteroatoms. The van der Waals surface area contributed by atoms with Crippen LogP contribution in [0.25, 0.3) is 10.2 Å². The lowest BCUT2D eigenvalue weighted by molar-refractivity contribution is 0.261. The Hall–Kier alpha value is -1.63. The summed E-state index contributed by atoms with van der Waals surface area (Å²) in [6.07, 6.45) is 3.10. The van der Waals surface area contributed by atoms with Gasteiger partial charge in [-0.1, -0.05) is 42.1 Å². The lowest BCUT2D eigenvalue weighted by Crippen LogP contribution is -2.32. The summed E-state index contributed by atoms with van der Waals surface area (Å²) in [4.78, 5) is 22.6. The molecule has 3 aromatic rings. The SMILES string of the molecule is O=c1c2c3c(sc2nc2n1CCCS2)CN(CCc1ccccc1)CC3. The van der Waals surface area contributed by atoms with Crippen molar-refractivity contribution in [2.45, 2.75) is 37.5 Å². The number of hydrogen-bond donors (Lipinski definition) is 0. The maximum Gasteiger partial charge on any atom is 0.263 e. The number of aromatic nitrogens is 2. The van der Waals surface area contributed by atoms with E-state index in [1.165, 1.54) is 16.0 Å². The van der Waals surface area contributed by atoms with Gasteiger partial charge >= 0.3 is 0 Å². The molecule has 0 amide bonds. The van der Waals surface area contributed by atoms with Gasteiger partial charge in [-0.15, -0.1) is 11.3 Å². The van der Waals surface area contributed by atoms with Gasteiger partial charge in [0.2, 0.25) is 0 Å². The molecular weight excluding hydrogens is 362 g/mol. The molecule has 5 rings (SSSR count). The van der Waals surface area contributed by atoms with Gasteiger partial charge < -0.3 is 0 Å². The standard InChI is InChI=1S/C20H21N3OS2/c24-19-17-15-8-11-22(10-7-14-5-2-1-3-6-14)13-16(15)26-18(17)21-20-23(19)9-4-12-25-20/h1-3,5-6H,4,7-13H2. The molecule has 0 aliphatic carbocycles. The van der Waals surface area contributed by atoms with Gasteiger partial charge in [-0.3, -0.25) is 14.3 Å². The van der Waals surface area contributed by atoms with E-state index in [9.17, 15) is 4.79 Å². The molecule has 0 bridgehead atoms. The molecule has 4 nitrogen and oxygen atoms in total. The minimum atomic E-state index is 0.187. The van der Waals surface area contributed by atoms with E-state index in [1.54, 1.807) is 23.1 Å².